The van der Waals surface area contributed by atoms with Crippen molar-refractivity contribution >= 4 is 0 Å². The van der Waals surface area contributed by atoms with Crippen LogP contribution in [0.25, 0.3) is 0 Å². The van der Waals surface area contributed by atoms with Crippen molar-refractivity contribution in [3.63, 3.8) is 0 Å². The van der Waals surface area contributed by atoms with Gasteiger partial charge in [0, 0.05) is 23.5 Å². The fraction of sp³-hybridized carbons (Fsp3) is 0.250. The summed E-state index contributed by atoms with van der Waals surface area (Å²) in [4.78, 5) is 3.64. The second-order valence-electron chi connectivity index (χ2n) is 4.00. The Morgan fingerprint density at radius 1 is 1.22 bits per heavy atom. The Morgan fingerprint density at radius 3 is 2.50 bits per heavy atom. The van der Waals surface area contributed by atoms with Crippen LogP contribution in [0, 0.1) is 0 Å². The number of hydrogen-bond donors (Lipinski definition) is 1. The lowest BCUT2D eigenvalue weighted by Crippen LogP contribution is -2.26. The van der Waals surface area contributed by atoms with Gasteiger partial charge in [-0.05, 0) is 19.1 Å². The summed E-state index contributed by atoms with van der Waals surface area (Å²) in [7, 11) is 0. The molecule has 0 saturated heterocycles. The molecule has 0 bridgehead atoms. The van der Waals surface area contributed by atoms with Crippen LogP contribution < -0.4 is 0 Å². The Balaban J connectivity index is 2.58. The molecule has 2 aromatic heterocycles. The Hall–Kier alpha value is -1.82. The number of aromatic nitrogens is 1. The minimum absolute atomic E-state index is 0.237. The molecule has 3 nitrogen and oxygen atoms in total. The Labute approximate surface area is 101 Å². The van der Waals surface area contributed by atoms with Crippen LogP contribution in [0.2, 0.25) is 0 Å². The maximum atomic E-state index is 12.9. The van der Waals surface area contributed by atoms with Crippen LogP contribution in [0.1, 0.15) is 23.6 Å². The van der Waals surface area contributed by atoms with Gasteiger partial charge in [0.1, 0.15) is 5.60 Å². The van der Waals surface area contributed by atoms with E-state index in [0.717, 1.165) is 18.5 Å². The van der Waals surface area contributed by atoms with Crippen LogP contribution in [0.4, 0.5) is 13.2 Å². The number of halogens is 3. The molecule has 0 aromatic carbocycles. The van der Waals surface area contributed by atoms with E-state index >= 15 is 0 Å². The van der Waals surface area contributed by atoms with E-state index in [1.807, 2.05) is 0 Å². The Bertz CT molecular complexity index is 533. The molecular formula is C12H10F3NO2. The molecule has 1 atom stereocenters. The van der Waals surface area contributed by atoms with E-state index in [0.29, 0.717) is 0 Å². The molecule has 6 heteroatoms. The summed E-state index contributed by atoms with van der Waals surface area (Å²) in [5.41, 5.74) is -2.80. The average Bonchev–Trinajstić information content (AvgIpc) is 2.82. The lowest BCUT2D eigenvalue weighted by molar-refractivity contribution is -0.140. The zero-order chi connectivity index (χ0) is 13.4. The van der Waals surface area contributed by atoms with Gasteiger partial charge < -0.3 is 9.52 Å². The van der Waals surface area contributed by atoms with Gasteiger partial charge in [0.25, 0.3) is 0 Å². The van der Waals surface area contributed by atoms with Crippen LogP contribution >= 0.6 is 0 Å². The molecule has 0 aliphatic heterocycles. The summed E-state index contributed by atoms with van der Waals surface area (Å²) < 4.78 is 43.4. The lowest BCUT2D eigenvalue weighted by Gasteiger charge is -2.25. The number of nitrogens with zero attached hydrogens (tertiary/aromatic N) is 1. The second-order valence-corrected chi connectivity index (χ2v) is 4.00. The molecule has 0 amide bonds. The zero-order valence-electron chi connectivity index (χ0n) is 9.40. The number of alkyl halides is 3. The minimum Gasteiger partial charge on any atom is -0.472 e. The highest BCUT2D eigenvalue weighted by Crippen LogP contribution is 2.38. The van der Waals surface area contributed by atoms with Gasteiger partial charge in [-0.2, -0.15) is 13.2 Å². The second kappa shape index (κ2) is 4.13. The summed E-state index contributed by atoms with van der Waals surface area (Å²) in [6.45, 7) is 1.27. The van der Waals surface area contributed by atoms with Gasteiger partial charge in [0.05, 0.1) is 18.1 Å². The molecule has 2 rings (SSSR count). The predicted molar refractivity (Wildman–Crippen MR) is 56.6 cm³/mol. The third-order valence-corrected chi connectivity index (χ3v) is 2.73. The maximum absolute atomic E-state index is 12.9. The smallest absolute Gasteiger partial charge is 0.416 e. The zero-order valence-corrected chi connectivity index (χ0v) is 9.40. The summed E-state index contributed by atoms with van der Waals surface area (Å²) in [5, 5.41) is 10.3. The number of rotatable bonds is 2. The Kier molecular flexibility index (Phi) is 2.90. The number of aliphatic hydroxyl groups is 1. The van der Waals surface area contributed by atoms with Crippen LogP contribution in [0.5, 0.6) is 0 Å². The van der Waals surface area contributed by atoms with Crippen molar-refractivity contribution in [3.8, 4) is 0 Å². The van der Waals surface area contributed by atoms with Crippen molar-refractivity contribution in [1.29, 1.82) is 0 Å². The number of furan rings is 1. The van der Waals surface area contributed by atoms with Gasteiger partial charge in [0.2, 0.25) is 0 Å². The SMILES string of the molecule is CC(O)(c1ccoc1)c1cnccc1C(F)(F)F. The quantitative estimate of drug-likeness (QED) is 0.899. The molecule has 0 saturated carbocycles. The van der Waals surface area contributed by atoms with Crippen LogP contribution in [-0.2, 0) is 11.8 Å². The van der Waals surface area contributed by atoms with E-state index in [9.17, 15) is 18.3 Å². The van der Waals surface area contributed by atoms with Crippen molar-refractivity contribution in [2.75, 3.05) is 0 Å². The molecule has 0 spiro atoms. The topological polar surface area (TPSA) is 46.3 Å². The van der Waals surface area contributed by atoms with Crippen molar-refractivity contribution in [3.05, 3.63) is 53.7 Å². The highest BCUT2D eigenvalue weighted by molar-refractivity contribution is 5.38. The van der Waals surface area contributed by atoms with E-state index < -0.39 is 17.3 Å². The average molecular weight is 257 g/mol. The van der Waals surface area contributed by atoms with Crippen LogP contribution in [-0.4, -0.2) is 10.1 Å². The summed E-state index contributed by atoms with van der Waals surface area (Å²) in [6.07, 6.45) is -0.0137. The molecule has 2 heterocycles. The third kappa shape index (κ3) is 2.11. The minimum atomic E-state index is -4.55. The van der Waals surface area contributed by atoms with Gasteiger partial charge in [0.15, 0.2) is 0 Å². The molecule has 2 aromatic rings. The first-order valence-corrected chi connectivity index (χ1v) is 5.10. The predicted octanol–water partition coefficient (Wildman–Crippen LogP) is 2.95. The van der Waals surface area contributed by atoms with E-state index in [1.54, 1.807) is 0 Å². The monoisotopic (exact) mass is 257 g/mol. The van der Waals surface area contributed by atoms with E-state index in [1.165, 1.54) is 25.5 Å². The van der Waals surface area contributed by atoms with Gasteiger partial charge in [-0.15, -0.1) is 0 Å². The van der Waals surface area contributed by atoms with E-state index in [2.05, 4.69) is 4.98 Å². The first-order valence-electron chi connectivity index (χ1n) is 5.10. The standard InChI is InChI=1S/C12H10F3NO2/c1-11(17,8-3-5-18-7-8)10-6-16-4-2-9(10)12(13,14)15/h2-7,17H,1H3. The molecule has 0 radical (unpaired) electrons. The van der Waals surface area contributed by atoms with E-state index in [-0.39, 0.29) is 11.1 Å². The molecule has 0 aliphatic rings. The molecule has 0 fully saturated rings. The summed E-state index contributed by atoms with van der Waals surface area (Å²) in [6, 6.07) is 2.25. The van der Waals surface area contributed by atoms with Gasteiger partial charge in [-0.25, -0.2) is 0 Å². The van der Waals surface area contributed by atoms with Crippen molar-refractivity contribution in [1.82, 2.24) is 4.98 Å². The largest absolute Gasteiger partial charge is 0.472 e. The Morgan fingerprint density at radius 2 is 1.94 bits per heavy atom. The van der Waals surface area contributed by atoms with Crippen molar-refractivity contribution in [2.45, 2.75) is 18.7 Å². The lowest BCUT2D eigenvalue weighted by atomic mass is 9.88. The maximum Gasteiger partial charge on any atom is 0.416 e. The third-order valence-electron chi connectivity index (χ3n) is 2.73. The van der Waals surface area contributed by atoms with Gasteiger partial charge in [-0.1, -0.05) is 0 Å². The fourth-order valence-electron chi connectivity index (χ4n) is 1.73. The summed E-state index contributed by atoms with van der Waals surface area (Å²) in [5.74, 6) is 0. The summed E-state index contributed by atoms with van der Waals surface area (Å²) >= 11 is 0. The fourth-order valence-corrected chi connectivity index (χ4v) is 1.73. The van der Waals surface area contributed by atoms with Crippen LogP contribution in [0.3, 0.4) is 0 Å². The van der Waals surface area contributed by atoms with Gasteiger partial charge in [-0.3, -0.25) is 4.98 Å². The van der Waals surface area contributed by atoms with Crippen LogP contribution in [0.15, 0.2) is 41.5 Å². The number of pyridine rings is 1. The number of hydrogen-bond acceptors (Lipinski definition) is 3. The highest BCUT2D eigenvalue weighted by atomic mass is 19.4. The first kappa shape index (κ1) is 12.6. The first-order chi connectivity index (χ1) is 8.33. The highest BCUT2D eigenvalue weighted by Gasteiger charge is 2.39. The molecular weight excluding hydrogens is 247 g/mol. The molecule has 0 aliphatic carbocycles. The van der Waals surface area contributed by atoms with Gasteiger partial charge >= 0.3 is 6.18 Å². The van der Waals surface area contributed by atoms with E-state index in [4.69, 9.17) is 4.42 Å². The molecule has 96 valence electrons. The molecule has 18 heavy (non-hydrogen) atoms. The normalized spacial score (nSPS) is 15.4. The van der Waals surface area contributed by atoms with Crippen molar-refractivity contribution < 1.29 is 22.7 Å². The van der Waals surface area contributed by atoms with Crippen molar-refractivity contribution in [2.24, 2.45) is 0 Å². The molecule has 1 N–H and O–H groups in total. The molecule has 1 unspecified atom stereocenters.